The molecular formula is C10H9BrN4OS. The van der Waals surface area contributed by atoms with Crippen LogP contribution in [0.3, 0.4) is 0 Å². The molecule has 1 aromatic heterocycles. The minimum Gasteiger partial charge on any atom is -0.493 e. The second-order valence-electron chi connectivity index (χ2n) is 3.51. The molecule has 0 aliphatic heterocycles. The molecule has 0 bridgehead atoms. The zero-order valence-electron chi connectivity index (χ0n) is 8.86. The first-order valence-electron chi connectivity index (χ1n) is 4.71. The molecule has 0 saturated heterocycles. The number of aromatic hydroxyl groups is 1. The molecule has 5 nitrogen and oxygen atoms in total. The average molecular weight is 313 g/mol. The lowest BCUT2D eigenvalue weighted by Crippen LogP contribution is -2.01. The smallest absolute Gasteiger partial charge is 0.218 e. The summed E-state index contributed by atoms with van der Waals surface area (Å²) >= 11 is 8.02. The third-order valence-electron chi connectivity index (χ3n) is 2.28. The first-order valence-corrected chi connectivity index (χ1v) is 5.91. The highest BCUT2D eigenvalue weighted by atomic mass is 79.9. The standard InChI is InChI=1S/C10H9BrN4OS/c1-4-2-5-7(3-6(4)11)13-9(16)8(5)14-15-10(12)17/h2-3,13,16H,1H3,(H2,12,17). The number of azo groups is 1. The van der Waals surface area contributed by atoms with Crippen molar-refractivity contribution in [1.82, 2.24) is 4.98 Å². The molecule has 0 spiro atoms. The van der Waals surface area contributed by atoms with Crippen LogP contribution in [0.15, 0.2) is 26.8 Å². The van der Waals surface area contributed by atoms with E-state index in [1.54, 1.807) is 0 Å². The molecule has 2 rings (SSSR count). The van der Waals surface area contributed by atoms with Gasteiger partial charge in [0.2, 0.25) is 11.0 Å². The molecular weight excluding hydrogens is 304 g/mol. The lowest BCUT2D eigenvalue weighted by atomic mass is 10.1. The van der Waals surface area contributed by atoms with Gasteiger partial charge in [-0.05, 0) is 36.8 Å². The number of nitrogens with one attached hydrogen (secondary N) is 1. The lowest BCUT2D eigenvalue weighted by Gasteiger charge is -1.97. The number of aromatic nitrogens is 1. The topological polar surface area (TPSA) is 86.8 Å². The molecule has 1 aromatic carbocycles. The van der Waals surface area contributed by atoms with E-state index in [-0.39, 0.29) is 11.0 Å². The Morgan fingerprint density at radius 1 is 1.53 bits per heavy atom. The first-order chi connectivity index (χ1) is 7.99. The molecule has 0 aliphatic carbocycles. The van der Waals surface area contributed by atoms with Gasteiger partial charge in [0.1, 0.15) is 0 Å². The van der Waals surface area contributed by atoms with Crippen molar-refractivity contribution in [2.24, 2.45) is 16.0 Å². The van der Waals surface area contributed by atoms with E-state index < -0.39 is 0 Å². The van der Waals surface area contributed by atoms with Crippen molar-refractivity contribution in [3.8, 4) is 5.88 Å². The van der Waals surface area contributed by atoms with Crippen LogP contribution in [0.4, 0.5) is 5.69 Å². The van der Waals surface area contributed by atoms with Crippen molar-refractivity contribution in [3.05, 3.63) is 22.2 Å². The fourth-order valence-corrected chi connectivity index (χ4v) is 1.88. The number of aryl methyl sites for hydroxylation is 1. The first kappa shape index (κ1) is 12.0. The van der Waals surface area contributed by atoms with Crippen LogP contribution < -0.4 is 5.73 Å². The van der Waals surface area contributed by atoms with Gasteiger partial charge in [-0.25, -0.2) is 0 Å². The fraction of sp³-hybridized carbons (Fsp3) is 0.100. The molecule has 1 heterocycles. The van der Waals surface area contributed by atoms with Crippen LogP contribution in [-0.2, 0) is 0 Å². The van der Waals surface area contributed by atoms with E-state index in [2.05, 4.69) is 43.4 Å². The molecule has 0 fully saturated rings. The Labute approximate surface area is 111 Å². The van der Waals surface area contributed by atoms with Crippen LogP contribution in [0.2, 0.25) is 0 Å². The minimum atomic E-state index is -0.0763. The molecule has 7 heteroatoms. The number of halogens is 1. The SMILES string of the molecule is Cc1cc2c(N=NC(N)=S)c(O)[nH]c2cc1Br. The summed E-state index contributed by atoms with van der Waals surface area (Å²) in [5.74, 6) is -0.0579. The summed E-state index contributed by atoms with van der Waals surface area (Å²) in [6, 6.07) is 3.76. The van der Waals surface area contributed by atoms with Gasteiger partial charge in [-0.2, -0.15) is 0 Å². The van der Waals surface area contributed by atoms with Crippen molar-refractivity contribution in [3.63, 3.8) is 0 Å². The number of hydrogen-bond acceptors (Lipinski definition) is 3. The Kier molecular flexibility index (Phi) is 3.12. The largest absolute Gasteiger partial charge is 0.493 e. The van der Waals surface area contributed by atoms with Crippen LogP contribution in [0, 0.1) is 6.92 Å². The number of nitrogens with two attached hydrogens (primary N) is 1. The predicted molar refractivity (Wildman–Crippen MR) is 73.7 cm³/mol. The van der Waals surface area contributed by atoms with E-state index in [1.807, 2.05) is 19.1 Å². The molecule has 0 saturated carbocycles. The maximum atomic E-state index is 9.72. The van der Waals surface area contributed by atoms with Crippen LogP contribution in [0.25, 0.3) is 10.9 Å². The number of H-pyrrole nitrogens is 1. The Balaban J connectivity index is 2.66. The summed E-state index contributed by atoms with van der Waals surface area (Å²) < 4.78 is 0.948. The zero-order valence-corrected chi connectivity index (χ0v) is 11.3. The van der Waals surface area contributed by atoms with Gasteiger partial charge >= 0.3 is 0 Å². The van der Waals surface area contributed by atoms with Gasteiger partial charge in [0.25, 0.3) is 0 Å². The van der Waals surface area contributed by atoms with E-state index in [0.29, 0.717) is 5.69 Å². The molecule has 0 amide bonds. The number of aromatic amines is 1. The van der Waals surface area contributed by atoms with Gasteiger partial charge in [-0.1, -0.05) is 15.9 Å². The summed E-state index contributed by atoms with van der Waals surface area (Å²) in [5, 5.41) is 17.8. The zero-order chi connectivity index (χ0) is 12.6. The number of hydrogen-bond donors (Lipinski definition) is 3. The lowest BCUT2D eigenvalue weighted by molar-refractivity contribution is 0.459. The summed E-state index contributed by atoms with van der Waals surface area (Å²) in [6.07, 6.45) is 0. The highest BCUT2D eigenvalue weighted by Crippen LogP contribution is 2.37. The van der Waals surface area contributed by atoms with Crippen molar-refractivity contribution in [1.29, 1.82) is 0 Å². The normalized spacial score (nSPS) is 11.4. The van der Waals surface area contributed by atoms with Gasteiger partial charge in [0, 0.05) is 9.86 Å². The highest BCUT2D eigenvalue weighted by molar-refractivity contribution is 9.10. The fourth-order valence-electron chi connectivity index (χ4n) is 1.50. The van der Waals surface area contributed by atoms with Crippen LogP contribution in [0.5, 0.6) is 5.88 Å². The van der Waals surface area contributed by atoms with Gasteiger partial charge < -0.3 is 15.8 Å². The number of fused-ring (bicyclic) bond motifs is 1. The van der Waals surface area contributed by atoms with Gasteiger partial charge in [0.05, 0.1) is 5.52 Å². The van der Waals surface area contributed by atoms with Gasteiger partial charge in [-0.15, -0.1) is 10.2 Å². The summed E-state index contributed by atoms with van der Waals surface area (Å²) in [4.78, 5) is 2.81. The third-order valence-corrected chi connectivity index (χ3v) is 3.22. The van der Waals surface area contributed by atoms with Crippen LogP contribution in [0.1, 0.15) is 5.56 Å². The Hall–Kier alpha value is -1.47. The van der Waals surface area contributed by atoms with Crippen molar-refractivity contribution in [2.75, 3.05) is 0 Å². The molecule has 2 aromatic rings. The van der Waals surface area contributed by atoms with Crippen molar-refractivity contribution < 1.29 is 5.11 Å². The van der Waals surface area contributed by atoms with E-state index in [9.17, 15) is 5.11 Å². The van der Waals surface area contributed by atoms with Crippen LogP contribution >= 0.6 is 28.1 Å². The third kappa shape index (κ3) is 2.29. The van der Waals surface area contributed by atoms with Crippen molar-refractivity contribution >= 4 is 49.9 Å². The Bertz CT molecular complexity index is 635. The molecule has 88 valence electrons. The van der Waals surface area contributed by atoms with E-state index >= 15 is 0 Å². The van der Waals surface area contributed by atoms with Crippen LogP contribution in [-0.4, -0.2) is 15.2 Å². The molecule has 4 N–H and O–H groups in total. The predicted octanol–water partition coefficient (Wildman–Crippen LogP) is 3.27. The maximum Gasteiger partial charge on any atom is 0.218 e. The number of benzene rings is 1. The molecule has 17 heavy (non-hydrogen) atoms. The molecule has 0 atom stereocenters. The summed E-state index contributed by atoms with van der Waals surface area (Å²) in [6.45, 7) is 1.95. The maximum absolute atomic E-state index is 9.72. The quantitative estimate of drug-likeness (QED) is 0.558. The number of nitrogens with zero attached hydrogens (tertiary/aromatic N) is 2. The number of thiocarbonyl (C=S) groups is 1. The van der Waals surface area contributed by atoms with E-state index in [1.165, 1.54) is 0 Å². The average Bonchev–Trinajstić information content (AvgIpc) is 2.52. The van der Waals surface area contributed by atoms with Gasteiger partial charge in [0.15, 0.2) is 5.69 Å². The Morgan fingerprint density at radius 2 is 2.24 bits per heavy atom. The summed E-state index contributed by atoms with van der Waals surface area (Å²) in [7, 11) is 0. The monoisotopic (exact) mass is 312 g/mol. The van der Waals surface area contributed by atoms with Gasteiger partial charge in [-0.3, -0.25) is 0 Å². The summed E-state index contributed by atoms with van der Waals surface area (Å²) in [5.41, 5.74) is 7.36. The molecule has 0 radical (unpaired) electrons. The highest BCUT2D eigenvalue weighted by Gasteiger charge is 2.11. The molecule has 0 aliphatic rings. The van der Waals surface area contributed by atoms with E-state index in [0.717, 1.165) is 20.9 Å². The van der Waals surface area contributed by atoms with E-state index in [4.69, 9.17) is 5.73 Å². The second-order valence-corrected chi connectivity index (χ2v) is 4.78. The second kappa shape index (κ2) is 4.42. The molecule has 0 unspecified atom stereocenters. The minimum absolute atomic E-state index is 0.0579. The number of rotatable bonds is 1. The Morgan fingerprint density at radius 3 is 2.88 bits per heavy atom. The van der Waals surface area contributed by atoms with Crippen molar-refractivity contribution in [2.45, 2.75) is 6.92 Å².